The van der Waals surface area contributed by atoms with Gasteiger partial charge in [-0.2, -0.15) is 0 Å². The van der Waals surface area contributed by atoms with E-state index in [0.29, 0.717) is 5.69 Å². The average molecular weight is 176 g/mol. The minimum absolute atomic E-state index is 0.0752. The van der Waals surface area contributed by atoms with E-state index in [2.05, 4.69) is 22.1 Å². The maximum atomic E-state index is 10.9. The zero-order valence-corrected chi connectivity index (χ0v) is 7.03. The van der Waals surface area contributed by atoms with Crippen molar-refractivity contribution in [3.63, 3.8) is 0 Å². The smallest absolute Gasteiger partial charge is 0.300 e. The lowest BCUT2D eigenvalue weighted by atomic mass is 10.3. The third-order valence-electron chi connectivity index (χ3n) is 1.29. The summed E-state index contributed by atoms with van der Waals surface area (Å²) in [5, 5.41) is 11.6. The summed E-state index contributed by atoms with van der Waals surface area (Å²) < 4.78 is 0. The van der Waals surface area contributed by atoms with Gasteiger partial charge in [0.15, 0.2) is 5.75 Å². The molecule has 1 heterocycles. The van der Waals surface area contributed by atoms with Crippen molar-refractivity contribution in [2.45, 2.75) is 6.92 Å². The van der Waals surface area contributed by atoms with Crippen LogP contribution in [-0.2, 0) is 4.79 Å². The topological polar surface area (TPSA) is 62.2 Å². The van der Waals surface area contributed by atoms with Crippen LogP contribution in [0.4, 0.5) is 5.69 Å². The zero-order valence-electron chi connectivity index (χ0n) is 7.03. The van der Waals surface area contributed by atoms with Crippen molar-refractivity contribution in [3.05, 3.63) is 18.5 Å². The summed E-state index contributed by atoms with van der Waals surface area (Å²) >= 11 is 0. The van der Waals surface area contributed by atoms with Gasteiger partial charge in [0.1, 0.15) is 0 Å². The van der Waals surface area contributed by atoms with E-state index in [0.717, 1.165) is 0 Å². The van der Waals surface area contributed by atoms with E-state index in [1.54, 1.807) is 6.92 Å². The molecule has 0 aromatic carbocycles. The summed E-state index contributed by atoms with van der Waals surface area (Å²) in [6.07, 6.45) is 2.71. The molecule has 0 saturated heterocycles. The van der Waals surface area contributed by atoms with Crippen LogP contribution in [0.25, 0.3) is 0 Å². The third-order valence-corrected chi connectivity index (χ3v) is 1.29. The van der Waals surface area contributed by atoms with Crippen LogP contribution in [0.15, 0.2) is 18.5 Å². The first-order valence-electron chi connectivity index (χ1n) is 3.60. The van der Waals surface area contributed by atoms with Crippen LogP contribution in [0.3, 0.4) is 0 Å². The first kappa shape index (κ1) is 9.07. The quantitative estimate of drug-likeness (QED) is 0.620. The minimum atomic E-state index is -0.455. The fourth-order valence-electron chi connectivity index (χ4n) is 0.759. The first-order valence-corrected chi connectivity index (χ1v) is 3.60. The van der Waals surface area contributed by atoms with Crippen LogP contribution in [0, 0.1) is 11.8 Å². The number of aromatic nitrogens is 1. The summed E-state index contributed by atoms with van der Waals surface area (Å²) in [6.45, 7) is 1.56. The van der Waals surface area contributed by atoms with Gasteiger partial charge in [0.2, 0.25) is 0 Å². The molecule has 0 spiro atoms. The number of hydrogen-bond donors (Lipinski definition) is 2. The van der Waals surface area contributed by atoms with Crippen LogP contribution < -0.4 is 5.32 Å². The standard InChI is InChI=1S/C9H8N2O2/c1-2-3-9(13)11-7-4-5-10-6-8(7)12/h4-6,12H,1H3,(H,10,11,13). The molecule has 66 valence electrons. The lowest BCUT2D eigenvalue weighted by molar-refractivity contribution is -0.111. The fourth-order valence-corrected chi connectivity index (χ4v) is 0.759. The van der Waals surface area contributed by atoms with Crippen LogP contribution in [0.2, 0.25) is 0 Å². The maximum Gasteiger partial charge on any atom is 0.300 e. The fraction of sp³-hybridized carbons (Fsp3) is 0.111. The highest BCUT2D eigenvalue weighted by Gasteiger charge is 2.01. The van der Waals surface area contributed by atoms with Crippen molar-refractivity contribution in [2.75, 3.05) is 5.32 Å². The number of nitrogens with one attached hydrogen (secondary N) is 1. The second-order valence-electron chi connectivity index (χ2n) is 2.22. The molecule has 0 fully saturated rings. The van der Waals surface area contributed by atoms with Gasteiger partial charge in [-0.15, -0.1) is 0 Å². The molecule has 0 aliphatic rings. The molecule has 1 rings (SSSR count). The first-order chi connectivity index (χ1) is 6.24. The highest BCUT2D eigenvalue weighted by molar-refractivity contribution is 6.04. The molecule has 4 heteroatoms. The Morgan fingerprint density at radius 2 is 2.46 bits per heavy atom. The molecule has 4 nitrogen and oxygen atoms in total. The highest BCUT2D eigenvalue weighted by Crippen LogP contribution is 2.19. The Labute approximate surface area is 75.6 Å². The number of carbonyl (C=O) groups excluding carboxylic acids is 1. The molecule has 1 amide bonds. The van der Waals surface area contributed by atoms with Crippen molar-refractivity contribution < 1.29 is 9.90 Å². The minimum Gasteiger partial charge on any atom is -0.504 e. The number of hydrogen-bond acceptors (Lipinski definition) is 3. The van der Waals surface area contributed by atoms with Gasteiger partial charge in [-0.25, -0.2) is 0 Å². The number of anilines is 1. The van der Waals surface area contributed by atoms with Gasteiger partial charge in [0, 0.05) is 6.20 Å². The molecule has 13 heavy (non-hydrogen) atoms. The molecular weight excluding hydrogens is 168 g/mol. The SMILES string of the molecule is CC#CC(=O)Nc1ccncc1O. The number of carbonyl (C=O) groups is 1. The summed E-state index contributed by atoms with van der Waals surface area (Å²) in [4.78, 5) is 14.6. The predicted molar refractivity (Wildman–Crippen MR) is 48.0 cm³/mol. The van der Waals surface area contributed by atoms with Crippen molar-refractivity contribution >= 4 is 11.6 Å². The number of nitrogens with zero attached hydrogens (tertiary/aromatic N) is 1. The lowest BCUT2D eigenvalue weighted by Crippen LogP contribution is -2.08. The monoisotopic (exact) mass is 176 g/mol. The average Bonchev–Trinajstić information content (AvgIpc) is 2.09. The molecule has 0 radical (unpaired) electrons. The van der Waals surface area contributed by atoms with E-state index in [4.69, 9.17) is 0 Å². The van der Waals surface area contributed by atoms with Gasteiger partial charge in [0.25, 0.3) is 5.91 Å². The summed E-state index contributed by atoms with van der Waals surface area (Å²) in [6, 6.07) is 1.49. The summed E-state index contributed by atoms with van der Waals surface area (Å²) in [5.41, 5.74) is 0.308. The van der Waals surface area contributed by atoms with Crippen LogP contribution in [-0.4, -0.2) is 16.0 Å². The van der Waals surface area contributed by atoms with Gasteiger partial charge in [-0.1, -0.05) is 5.92 Å². The molecule has 0 aliphatic carbocycles. The predicted octanol–water partition coefficient (Wildman–Crippen LogP) is 0.749. The van der Waals surface area contributed by atoms with E-state index in [9.17, 15) is 9.90 Å². The molecule has 0 atom stereocenters. The van der Waals surface area contributed by atoms with E-state index in [-0.39, 0.29) is 5.75 Å². The molecule has 1 aromatic rings. The largest absolute Gasteiger partial charge is 0.504 e. The Morgan fingerprint density at radius 3 is 3.08 bits per heavy atom. The van der Waals surface area contributed by atoms with Crippen molar-refractivity contribution in [2.24, 2.45) is 0 Å². The second kappa shape index (κ2) is 4.12. The third kappa shape index (κ3) is 2.49. The highest BCUT2D eigenvalue weighted by atomic mass is 16.3. The van der Waals surface area contributed by atoms with Gasteiger partial charge in [-0.3, -0.25) is 9.78 Å². The zero-order chi connectivity index (χ0) is 9.68. The Kier molecular flexibility index (Phi) is 2.87. The molecule has 0 unspecified atom stereocenters. The maximum absolute atomic E-state index is 10.9. The van der Waals surface area contributed by atoms with E-state index < -0.39 is 5.91 Å². The number of rotatable bonds is 1. The number of aromatic hydroxyl groups is 1. The van der Waals surface area contributed by atoms with E-state index in [1.807, 2.05) is 0 Å². The lowest BCUT2D eigenvalue weighted by Gasteiger charge is -2.01. The molecule has 0 saturated carbocycles. The number of amides is 1. The van der Waals surface area contributed by atoms with Gasteiger partial charge < -0.3 is 10.4 Å². The Morgan fingerprint density at radius 1 is 1.69 bits per heavy atom. The van der Waals surface area contributed by atoms with Crippen LogP contribution in [0.1, 0.15) is 6.92 Å². The van der Waals surface area contributed by atoms with Crippen molar-refractivity contribution in [1.82, 2.24) is 4.98 Å². The van der Waals surface area contributed by atoms with Crippen molar-refractivity contribution in [3.8, 4) is 17.6 Å². The van der Waals surface area contributed by atoms with Gasteiger partial charge in [-0.05, 0) is 18.9 Å². The van der Waals surface area contributed by atoms with Crippen molar-refractivity contribution in [1.29, 1.82) is 0 Å². The molecule has 0 bridgehead atoms. The number of pyridine rings is 1. The van der Waals surface area contributed by atoms with Crippen LogP contribution >= 0.6 is 0 Å². The van der Waals surface area contributed by atoms with E-state index in [1.165, 1.54) is 18.5 Å². The second-order valence-corrected chi connectivity index (χ2v) is 2.22. The Hall–Kier alpha value is -2.02. The molecular formula is C9H8N2O2. The van der Waals surface area contributed by atoms with Gasteiger partial charge >= 0.3 is 0 Å². The molecule has 2 N–H and O–H groups in total. The Bertz CT molecular complexity index is 377. The van der Waals surface area contributed by atoms with Crippen LogP contribution in [0.5, 0.6) is 5.75 Å². The molecule has 1 aromatic heterocycles. The normalized spacial score (nSPS) is 8.38. The van der Waals surface area contributed by atoms with Gasteiger partial charge in [0.05, 0.1) is 11.9 Å². The Balaban J connectivity index is 2.78. The van der Waals surface area contributed by atoms with E-state index >= 15 is 0 Å². The summed E-state index contributed by atoms with van der Waals surface area (Å²) in [7, 11) is 0. The molecule has 0 aliphatic heterocycles. The summed E-state index contributed by atoms with van der Waals surface area (Å²) in [5.74, 6) is 4.21.